The highest BCUT2D eigenvalue weighted by Crippen LogP contribution is 2.29. The van der Waals surface area contributed by atoms with Crippen molar-refractivity contribution in [3.63, 3.8) is 0 Å². The molecule has 0 saturated carbocycles. The van der Waals surface area contributed by atoms with E-state index < -0.39 is 0 Å². The molecule has 0 fully saturated rings. The Morgan fingerprint density at radius 3 is 2.70 bits per heavy atom. The predicted octanol–water partition coefficient (Wildman–Crippen LogP) is 3.81. The first-order chi connectivity index (χ1) is 9.67. The Bertz CT molecular complexity index is 563. The molecule has 4 heteroatoms. The normalized spacial score (nSPS) is 12.6. The van der Waals surface area contributed by atoms with E-state index >= 15 is 0 Å². The fourth-order valence-electron chi connectivity index (χ4n) is 2.46. The quantitative estimate of drug-likeness (QED) is 0.879. The highest BCUT2D eigenvalue weighted by molar-refractivity contribution is 7.05. The number of hydrogen-bond donors (Lipinski definition) is 1. The van der Waals surface area contributed by atoms with E-state index in [1.807, 2.05) is 0 Å². The third kappa shape index (κ3) is 3.25. The largest absolute Gasteiger partial charge is 0.305 e. The Morgan fingerprint density at radius 2 is 2.05 bits per heavy atom. The van der Waals surface area contributed by atoms with Gasteiger partial charge in [0.05, 0.1) is 16.6 Å². The van der Waals surface area contributed by atoms with Gasteiger partial charge in [0.2, 0.25) is 0 Å². The van der Waals surface area contributed by atoms with E-state index in [-0.39, 0.29) is 6.04 Å². The minimum Gasteiger partial charge on any atom is -0.305 e. The summed E-state index contributed by atoms with van der Waals surface area (Å²) in [6.07, 6.45) is 2.05. The standard InChI is InChI=1S/C16H23N3S/c1-5-9-17-15(16-14(6-2)18-19-20-16)13-8-7-11(3)10-12(13)4/h7-8,10,15,17H,5-6,9H2,1-4H3. The van der Waals surface area contributed by atoms with E-state index in [9.17, 15) is 0 Å². The van der Waals surface area contributed by atoms with Crippen molar-refractivity contribution in [1.82, 2.24) is 14.9 Å². The number of benzene rings is 1. The number of nitrogens with zero attached hydrogens (tertiary/aromatic N) is 2. The minimum absolute atomic E-state index is 0.213. The van der Waals surface area contributed by atoms with Gasteiger partial charge in [-0.15, -0.1) is 5.10 Å². The third-order valence-corrected chi connectivity index (χ3v) is 4.35. The lowest BCUT2D eigenvalue weighted by atomic mass is 9.97. The second kappa shape index (κ2) is 6.95. The van der Waals surface area contributed by atoms with E-state index in [1.54, 1.807) is 0 Å². The summed E-state index contributed by atoms with van der Waals surface area (Å²) in [5.41, 5.74) is 5.08. The molecule has 0 bridgehead atoms. The van der Waals surface area contributed by atoms with Gasteiger partial charge in [0.15, 0.2) is 0 Å². The summed E-state index contributed by atoms with van der Waals surface area (Å²) < 4.78 is 4.15. The van der Waals surface area contributed by atoms with Crippen LogP contribution in [0, 0.1) is 13.8 Å². The van der Waals surface area contributed by atoms with Crippen molar-refractivity contribution in [2.24, 2.45) is 0 Å². The van der Waals surface area contributed by atoms with Crippen LogP contribution >= 0.6 is 11.5 Å². The molecule has 1 aromatic carbocycles. The monoisotopic (exact) mass is 289 g/mol. The van der Waals surface area contributed by atoms with E-state index in [2.05, 4.69) is 60.8 Å². The second-order valence-corrected chi connectivity index (χ2v) is 5.97. The van der Waals surface area contributed by atoms with Gasteiger partial charge in [0.1, 0.15) is 0 Å². The summed E-state index contributed by atoms with van der Waals surface area (Å²) in [5.74, 6) is 0. The van der Waals surface area contributed by atoms with Crippen LogP contribution in [0.3, 0.4) is 0 Å². The van der Waals surface area contributed by atoms with E-state index in [4.69, 9.17) is 0 Å². The zero-order chi connectivity index (χ0) is 14.5. The van der Waals surface area contributed by atoms with Crippen LogP contribution in [-0.4, -0.2) is 16.1 Å². The molecule has 1 atom stereocenters. The van der Waals surface area contributed by atoms with Gasteiger partial charge < -0.3 is 5.32 Å². The van der Waals surface area contributed by atoms with Gasteiger partial charge in [-0.25, -0.2) is 0 Å². The predicted molar refractivity (Wildman–Crippen MR) is 85.3 cm³/mol. The van der Waals surface area contributed by atoms with E-state index in [0.29, 0.717) is 0 Å². The van der Waals surface area contributed by atoms with Crippen LogP contribution in [0.4, 0.5) is 0 Å². The molecule has 2 rings (SSSR count). The molecule has 0 amide bonds. The maximum absolute atomic E-state index is 4.26. The Hall–Kier alpha value is -1.26. The van der Waals surface area contributed by atoms with Crippen molar-refractivity contribution in [2.75, 3.05) is 6.54 Å². The number of hydrogen-bond acceptors (Lipinski definition) is 4. The smallest absolute Gasteiger partial charge is 0.0804 e. The molecule has 2 aromatic rings. The molecular weight excluding hydrogens is 266 g/mol. The van der Waals surface area contributed by atoms with Crippen LogP contribution in [0.5, 0.6) is 0 Å². The molecule has 108 valence electrons. The fourth-order valence-corrected chi connectivity index (χ4v) is 3.30. The van der Waals surface area contributed by atoms with Crippen LogP contribution < -0.4 is 5.32 Å². The van der Waals surface area contributed by atoms with Gasteiger partial charge in [-0.3, -0.25) is 0 Å². The average Bonchev–Trinajstić information content (AvgIpc) is 2.89. The maximum atomic E-state index is 4.26. The Morgan fingerprint density at radius 1 is 1.25 bits per heavy atom. The summed E-state index contributed by atoms with van der Waals surface area (Å²) in [5, 5.41) is 7.92. The molecule has 1 N–H and O–H groups in total. The highest BCUT2D eigenvalue weighted by Gasteiger charge is 2.21. The lowest BCUT2D eigenvalue weighted by molar-refractivity contribution is 0.598. The zero-order valence-electron chi connectivity index (χ0n) is 12.7. The van der Waals surface area contributed by atoms with Crippen LogP contribution in [-0.2, 0) is 6.42 Å². The summed E-state index contributed by atoms with van der Waals surface area (Å²) in [4.78, 5) is 1.26. The van der Waals surface area contributed by atoms with Crippen molar-refractivity contribution in [2.45, 2.75) is 46.6 Å². The third-order valence-electron chi connectivity index (χ3n) is 3.52. The Kier molecular flexibility index (Phi) is 5.26. The molecule has 3 nitrogen and oxygen atoms in total. The molecule has 0 radical (unpaired) electrons. The van der Waals surface area contributed by atoms with Gasteiger partial charge in [-0.1, -0.05) is 42.1 Å². The van der Waals surface area contributed by atoms with Crippen molar-refractivity contribution in [3.8, 4) is 0 Å². The maximum Gasteiger partial charge on any atom is 0.0804 e. The van der Waals surface area contributed by atoms with Crippen molar-refractivity contribution in [3.05, 3.63) is 45.5 Å². The van der Waals surface area contributed by atoms with Crippen LogP contribution in [0.15, 0.2) is 18.2 Å². The van der Waals surface area contributed by atoms with Gasteiger partial charge >= 0.3 is 0 Å². The lowest BCUT2D eigenvalue weighted by Crippen LogP contribution is -2.24. The molecule has 0 spiro atoms. The average molecular weight is 289 g/mol. The van der Waals surface area contributed by atoms with Crippen molar-refractivity contribution >= 4 is 11.5 Å². The lowest BCUT2D eigenvalue weighted by Gasteiger charge is -2.20. The summed E-state index contributed by atoms with van der Waals surface area (Å²) in [7, 11) is 0. The van der Waals surface area contributed by atoms with Gasteiger partial charge in [0, 0.05) is 0 Å². The molecule has 0 aliphatic rings. The zero-order valence-corrected chi connectivity index (χ0v) is 13.5. The first-order valence-electron chi connectivity index (χ1n) is 7.29. The molecule has 0 aliphatic heterocycles. The van der Waals surface area contributed by atoms with Crippen LogP contribution in [0.1, 0.15) is 53.6 Å². The topological polar surface area (TPSA) is 37.8 Å². The Labute approximate surface area is 125 Å². The molecule has 20 heavy (non-hydrogen) atoms. The van der Waals surface area contributed by atoms with E-state index in [1.165, 1.54) is 33.1 Å². The minimum atomic E-state index is 0.213. The summed E-state index contributed by atoms with van der Waals surface area (Å²) in [6, 6.07) is 6.88. The number of nitrogens with one attached hydrogen (secondary N) is 1. The first-order valence-corrected chi connectivity index (χ1v) is 8.06. The van der Waals surface area contributed by atoms with Gasteiger partial charge in [-0.2, -0.15) is 0 Å². The molecule has 0 saturated heterocycles. The molecular formula is C16H23N3S. The second-order valence-electron chi connectivity index (χ2n) is 5.18. The Balaban J connectivity index is 2.41. The SMILES string of the molecule is CCCNC(c1ccc(C)cc1C)c1snnc1CC. The molecule has 1 unspecified atom stereocenters. The first kappa shape index (κ1) is 15.1. The van der Waals surface area contributed by atoms with Crippen molar-refractivity contribution in [1.29, 1.82) is 0 Å². The van der Waals surface area contributed by atoms with Gasteiger partial charge in [-0.05, 0) is 55.9 Å². The number of aromatic nitrogens is 2. The van der Waals surface area contributed by atoms with Crippen LogP contribution in [0.2, 0.25) is 0 Å². The number of aryl methyl sites for hydroxylation is 3. The molecule has 1 heterocycles. The summed E-state index contributed by atoms with van der Waals surface area (Å²) >= 11 is 1.52. The molecule has 0 aliphatic carbocycles. The highest BCUT2D eigenvalue weighted by atomic mass is 32.1. The summed E-state index contributed by atoms with van der Waals surface area (Å²) in [6.45, 7) is 9.65. The van der Waals surface area contributed by atoms with E-state index in [0.717, 1.165) is 25.1 Å². The molecule has 1 aromatic heterocycles. The van der Waals surface area contributed by atoms with Crippen molar-refractivity contribution < 1.29 is 0 Å². The van der Waals surface area contributed by atoms with Crippen LogP contribution in [0.25, 0.3) is 0 Å². The number of rotatable bonds is 6. The fraction of sp³-hybridized carbons (Fsp3) is 0.500. The van der Waals surface area contributed by atoms with Gasteiger partial charge in [0.25, 0.3) is 0 Å².